The molecule has 23 heavy (non-hydrogen) atoms. The molecule has 3 aromatic heterocycles. The number of fused-ring (bicyclic) bond motifs is 1. The fourth-order valence-electron chi connectivity index (χ4n) is 2.82. The van der Waals surface area contributed by atoms with Gasteiger partial charge in [-0.2, -0.15) is 5.10 Å². The minimum Gasteiger partial charge on any atom is -0.476 e. The molecule has 4 heterocycles. The molecule has 0 bridgehead atoms. The quantitative estimate of drug-likeness (QED) is 0.777. The van der Waals surface area contributed by atoms with E-state index in [1.54, 1.807) is 12.7 Å². The molecule has 0 amide bonds. The van der Waals surface area contributed by atoms with E-state index in [2.05, 4.69) is 35.0 Å². The van der Waals surface area contributed by atoms with Gasteiger partial charge in [0.1, 0.15) is 11.8 Å². The molecular weight excluding hydrogens is 294 g/mol. The van der Waals surface area contributed by atoms with Gasteiger partial charge in [-0.25, -0.2) is 15.0 Å². The van der Waals surface area contributed by atoms with E-state index in [1.165, 1.54) is 0 Å². The van der Waals surface area contributed by atoms with Gasteiger partial charge < -0.3 is 14.6 Å². The predicted octanol–water partition coefficient (Wildman–Crippen LogP) is 1.36. The smallest absolute Gasteiger partial charge is 0.233 e. The molecule has 0 aromatic carbocycles. The van der Waals surface area contributed by atoms with Gasteiger partial charge in [0, 0.05) is 25.1 Å². The van der Waals surface area contributed by atoms with E-state index < -0.39 is 0 Å². The van der Waals surface area contributed by atoms with Crippen molar-refractivity contribution in [2.24, 2.45) is 5.92 Å². The van der Waals surface area contributed by atoms with Crippen molar-refractivity contribution in [3.8, 4) is 5.88 Å². The van der Waals surface area contributed by atoms with E-state index in [1.807, 2.05) is 19.1 Å². The van der Waals surface area contributed by atoms with Crippen LogP contribution in [0.1, 0.15) is 12.1 Å². The summed E-state index contributed by atoms with van der Waals surface area (Å²) in [5.41, 5.74) is 2.47. The van der Waals surface area contributed by atoms with E-state index >= 15 is 0 Å². The summed E-state index contributed by atoms with van der Waals surface area (Å²) in [6.07, 6.45) is 4.26. The zero-order chi connectivity index (χ0) is 15.6. The second-order valence-electron chi connectivity index (χ2n) is 5.72. The Hall–Kier alpha value is -2.77. The number of H-pyrrole nitrogens is 1. The molecule has 8 heteroatoms. The largest absolute Gasteiger partial charge is 0.476 e. The maximum Gasteiger partial charge on any atom is 0.233 e. The molecule has 1 unspecified atom stereocenters. The van der Waals surface area contributed by atoms with Gasteiger partial charge in [-0.15, -0.1) is 5.10 Å². The summed E-state index contributed by atoms with van der Waals surface area (Å²) in [5.74, 6) is 1.92. The number of rotatable bonds is 4. The topological polar surface area (TPSA) is 92.7 Å². The highest BCUT2D eigenvalue weighted by Crippen LogP contribution is 2.26. The second kappa shape index (κ2) is 5.79. The van der Waals surface area contributed by atoms with Gasteiger partial charge >= 0.3 is 0 Å². The molecule has 1 N–H and O–H groups in total. The van der Waals surface area contributed by atoms with E-state index in [-0.39, 0.29) is 0 Å². The Balaban J connectivity index is 1.41. The Morgan fingerprint density at radius 3 is 3.09 bits per heavy atom. The van der Waals surface area contributed by atoms with Crippen LogP contribution in [0.15, 0.2) is 24.8 Å². The SMILES string of the molecule is Cc1ccc(OCC2CCN(c3ncnc4nc[nH]c34)C2)nn1. The monoisotopic (exact) mass is 311 g/mol. The molecule has 4 rings (SSSR count). The third-order valence-electron chi connectivity index (χ3n) is 4.03. The lowest BCUT2D eigenvalue weighted by molar-refractivity contribution is 0.249. The van der Waals surface area contributed by atoms with E-state index in [0.717, 1.165) is 36.5 Å². The molecular formula is C15H17N7O. The fourth-order valence-corrected chi connectivity index (χ4v) is 2.82. The Morgan fingerprint density at radius 2 is 2.22 bits per heavy atom. The van der Waals surface area contributed by atoms with Crippen LogP contribution in [-0.2, 0) is 0 Å². The molecule has 1 saturated heterocycles. The zero-order valence-corrected chi connectivity index (χ0v) is 12.8. The summed E-state index contributed by atoms with van der Waals surface area (Å²) in [6, 6.07) is 3.76. The summed E-state index contributed by atoms with van der Waals surface area (Å²) in [7, 11) is 0. The summed E-state index contributed by atoms with van der Waals surface area (Å²) in [6.45, 7) is 4.37. The van der Waals surface area contributed by atoms with Gasteiger partial charge in [-0.05, 0) is 19.4 Å². The first kappa shape index (κ1) is 13.9. The number of imidazole rings is 1. The van der Waals surface area contributed by atoms with E-state index in [4.69, 9.17) is 4.74 Å². The normalized spacial score (nSPS) is 17.8. The van der Waals surface area contributed by atoms with Gasteiger partial charge in [0.05, 0.1) is 18.6 Å². The summed E-state index contributed by atoms with van der Waals surface area (Å²) < 4.78 is 5.75. The number of anilines is 1. The maximum atomic E-state index is 5.75. The van der Waals surface area contributed by atoms with Crippen LogP contribution >= 0.6 is 0 Å². The van der Waals surface area contributed by atoms with Crippen molar-refractivity contribution >= 4 is 17.0 Å². The van der Waals surface area contributed by atoms with Crippen molar-refractivity contribution < 1.29 is 4.74 Å². The third kappa shape index (κ3) is 2.79. The fraction of sp³-hybridized carbons (Fsp3) is 0.400. The number of aryl methyl sites for hydroxylation is 1. The lowest BCUT2D eigenvalue weighted by atomic mass is 10.1. The second-order valence-corrected chi connectivity index (χ2v) is 5.72. The van der Waals surface area contributed by atoms with Gasteiger partial charge in [0.15, 0.2) is 11.5 Å². The summed E-state index contributed by atoms with van der Waals surface area (Å²) in [5, 5.41) is 8.03. The Morgan fingerprint density at radius 1 is 1.26 bits per heavy atom. The summed E-state index contributed by atoms with van der Waals surface area (Å²) in [4.78, 5) is 18.1. The number of nitrogens with zero attached hydrogens (tertiary/aromatic N) is 6. The molecule has 0 spiro atoms. The predicted molar refractivity (Wildman–Crippen MR) is 84.3 cm³/mol. The number of ether oxygens (including phenoxy) is 1. The van der Waals surface area contributed by atoms with Gasteiger partial charge in [-0.1, -0.05) is 0 Å². The first-order valence-corrected chi connectivity index (χ1v) is 7.62. The van der Waals surface area contributed by atoms with Crippen molar-refractivity contribution in [1.82, 2.24) is 30.1 Å². The van der Waals surface area contributed by atoms with Crippen LogP contribution in [-0.4, -0.2) is 49.8 Å². The van der Waals surface area contributed by atoms with Crippen LogP contribution in [0.4, 0.5) is 5.82 Å². The van der Waals surface area contributed by atoms with E-state index in [9.17, 15) is 0 Å². The molecule has 8 nitrogen and oxygen atoms in total. The van der Waals surface area contributed by atoms with Crippen molar-refractivity contribution in [3.05, 3.63) is 30.5 Å². The summed E-state index contributed by atoms with van der Waals surface area (Å²) >= 11 is 0. The molecule has 1 atom stereocenters. The molecule has 118 valence electrons. The molecule has 0 aliphatic carbocycles. The Kier molecular flexibility index (Phi) is 3.49. The average molecular weight is 311 g/mol. The standard InChI is InChI=1S/C15H17N7O/c1-10-2-3-12(21-20-10)23-7-11-4-5-22(6-11)15-13-14(17-8-16-13)18-9-19-15/h2-3,8-9,11H,4-7H2,1H3,(H,16,17,18,19). The first-order chi connectivity index (χ1) is 11.3. The van der Waals surface area contributed by atoms with Gasteiger partial charge in [0.2, 0.25) is 5.88 Å². The van der Waals surface area contributed by atoms with Crippen molar-refractivity contribution in [1.29, 1.82) is 0 Å². The number of aromatic nitrogens is 6. The molecule has 1 fully saturated rings. The molecule has 0 radical (unpaired) electrons. The van der Waals surface area contributed by atoms with Gasteiger partial charge in [-0.3, -0.25) is 0 Å². The Bertz CT molecular complexity index is 801. The van der Waals surface area contributed by atoms with Crippen molar-refractivity contribution in [3.63, 3.8) is 0 Å². The highest BCUT2D eigenvalue weighted by atomic mass is 16.5. The highest BCUT2D eigenvalue weighted by molar-refractivity contribution is 5.82. The van der Waals surface area contributed by atoms with Crippen LogP contribution in [0.5, 0.6) is 5.88 Å². The first-order valence-electron chi connectivity index (χ1n) is 7.62. The number of nitrogens with one attached hydrogen (secondary N) is 1. The van der Waals surface area contributed by atoms with Crippen LogP contribution in [0.2, 0.25) is 0 Å². The number of aromatic amines is 1. The molecule has 3 aromatic rings. The number of hydrogen-bond donors (Lipinski definition) is 1. The van der Waals surface area contributed by atoms with E-state index in [0.29, 0.717) is 24.1 Å². The maximum absolute atomic E-state index is 5.75. The average Bonchev–Trinajstić information content (AvgIpc) is 3.23. The zero-order valence-electron chi connectivity index (χ0n) is 12.8. The third-order valence-corrected chi connectivity index (χ3v) is 4.03. The lowest BCUT2D eigenvalue weighted by Gasteiger charge is -2.17. The molecule has 0 saturated carbocycles. The van der Waals surface area contributed by atoms with Crippen molar-refractivity contribution in [2.75, 3.05) is 24.6 Å². The minimum absolute atomic E-state index is 0.436. The molecule has 1 aliphatic heterocycles. The van der Waals surface area contributed by atoms with Crippen LogP contribution in [0, 0.1) is 12.8 Å². The minimum atomic E-state index is 0.436. The van der Waals surface area contributed by atoms with Crippen LogP contribution < -0.4 is 9.64 Å². The molecule has 1 aliphatic rings. The van der Waals surface area contributed by atoms with Crippen LogP contribution in [0.3, 0.4) is 0 Å². The lowest BCUT2D eigenvalue weighted by Crippen LogP contribution is -2.23. The highest BCUT2D eigenvalue weighted by Gasteiger charge is 2.26. The van der Waals surface area contributed by atoms with Crippen molar-refractivity contribution in [2.45, 2.75) is 13.3 Å². The Labute approximate surface area is 133 Å². The number of hydrogen-bond acceptors (Lipinski definition) is 7. The van der Waals surface area contributed by atoms with Crippen LogP contribution in [0.25, 0.3) is 11.2 Å². The van der Waals surface area contributed by atoms with Gasteiger partial charge in [0.25, 0.3) is 0 Å².